The van der Waals surface area contributed by atoms with E-state index in [4.69, 9.17) is 0 Å². The van der Waals surface area contributed by atoms with Gasteiger partial charge in [-0.05, 0) is 31.2 Å². The molecule has 1 N–H and O–H groups in total. The lowest BCUT2D eigenvalue weighted by Crippen LogP contribution is -2.47. The Balaban J connectivity index is 1.64. The van der Waals surface area contributed by atoms with Gasteiger partial charge in [0, 0.05) is 45.0 Å². The maximum Gasteiger partial charge on any atom is 0.125 e. The van der Waals surface area contributed by atoms with Gasteiger partial charge in [0.25, 0.3) is 0 Å². The third-order valence-corrected chi connectivity index (χ3v) is 3.59. The van der Waals surface area contributed by atoms with E-state index < -0.39 is 0 Å². The van der Waals surface area contributed by atoms with Gasteiger partial charge in [-0.1, -0.05) is 13.0 Å². The van der Waals surface area contributed by atoms with Gasteiger partial charge in [-0.3, -0.25) is 4.90 Å². The molecule has 1 aromatic rings. The van der Waals surface area contributed by atoms with E-state index in [1.807, 2.05) is 6.07 Å². The Bertz CT molecular complexity index is 375. The largest absolute Gasteiger partial charge is 0.384 e. The molecule has 0 spiro atoms. The van der Waals surface area contributed by atoms with Crippen LogP contribution < -0.4 is 5.32 Å². The maximum atomic E-state index is 13.0. The van der Waals surface area contributed by atoms with E-state index in [2.05, 4.69) is 22.0 Å². The highest BCUT2D eigenvalue weighted by molar-refractivity contribution is 5.42. The van der Waals surface area contributed by atoms with Crippen LogP contribution in [-0.4, -0.2) is 55.6 Å². The Labute approximate surface area is 115 Å². The smallest absolute Gasteiger partial charge is 0.125 e. The monoisotopic (exact) mass is 265 g/mol. The van der Waals surface area contributed by atoms with Crippen molar-refractivity contribution in [2.75, 3.05) is 51.1 Å². The fraction of sp³-hybridized carbons (Fsp3) is 0.600. The van der Waals surface area contributed by atoms with Crippen LogP contribution in [0.4, 0.5) is 10.1 Å². The fourth-order valence-corrected chi connectivity index (χ4v) is 2.51. The summed E-state index contributed by atoms with van der Waals surface area (Å²) < 4.78 is 13.0. The molecule has 1 saturated heterocycles. The summed E-state index contributed by atoms with van der Waals surface area (Å²) in [6.07, 6.45) is 1.24. The zero-order chi connectivity index (χ0) is 13.5. The lowest BCUT2D eigenvalue weighted by molar-refractivity contribution is 0.136. The first-order valence-corrected chi connectivity index (χ1v) is 7.22. The summed E-state index contributed by atoms with van der Waals surface area (Å²) in [7, 11) is 0. The summed E-state index contributed by atoms with van der Waals surface area (Å²) in [5, 5.41) is 3.27. The van der Waals surface area contributed by atoms with Gasteiger partial charge < -0.3 is 10.2 Å². The van der Waals surface area contributed by atoms with Crippen LogP contribution in [0.2, 0.25) is 0 Å². The Kier molecular flexibility index (Phi) is 5.61. The number of rotatable bonds is 6. The van der Waals surface area contributed by atoms with E-state index >= 15 is 0 Å². The molecule has 0 radical (unpaired) electrons. The Morgan fingerprint density at radius 2 is 1.79 bits per heavy atom. The highest BCUT2D eigenvalue weighted by Crippen LogP contribution is 2.09. The van der Waals surface area contributed by atoms with Crippen molar-refractivity contribution >= 4 is 5.69 Å². The number of halogens is 1. The van der Waals surface area contributed by atoms with Gasteiger partial charge in [0.05, 0.1) is 0 Å². The van der Waals surface area contributed by atoms with Crippen LogP contribution in [0.1, 0.15) is 13.3 Å². The topological polar surface area (TPSA) is 18.5 Å². The van der Waals surface area contributed by atoms with Crippen LogP contribution in [-0.2, 0) is 0 Å². The zero-order valence-corrected chi connectivity index (χ0v) is 11.7. The Morgan fingerprint density at radius 3 is 2.42 bits per heavy atom. The second-order valence-corrected chi connectivity index (χ2v) is 5.12. The predicted octanol–water partition coefficient (Wildman–Crippen LogP) is 2.27. The molecule has 0 bridgehead atoms. The molecule has 1 heterocycles. The minimum atomic E-state index is -0.182. The SMILES string of the molecule is CCCN1CCN(CCNc2cccc(F)c2)CC1. The van der Waals surface area contributed by atoms with Crippen LogP contribution in [0.15, 0.2) is 24.3 Å². The first-order chi connectivity index (χ1) is 9.28. The minimum Gasteiger partial charge on any atom is -0.384 e. The van der Waals surface area contributed by atoms with Crippen LogP contribution >= 0.6 is 0 Å². The second-order valence-electron chi connectivity index (χ2n) is 5.12. The third-order valence-electron chi connectivity index (χ3n) is 3.59. The maximum absolute atomic E-state index is 13.0. The number of piperazine rings is 1. The lowest BCUT2D eigenvalue weighted by Gasteiger charge is -2.34. The summed E-state index contributed by atoms with van der Waals surface area (Å²) in [5.41, 5.74) is 0.865. The predicted molar refractivity (Wildman–Crippen MR) is 78.1 cm³/mol. The van der Waals surface area contributed by atoms with E-state index in [-0.39, 0.29) is 5.82 Å². The standard InChI is InChI=1S/C15H24FN3/c1-2-7-18-9-11-19(12-10-18)8-6-17-15-5-3-4-14(16)13-15/h3-5,13,17H,2,6-12H2,1H3. The lowest BCUT2D eigenvalue weighted by atomic mass is 10.3. The average Bonchev–Trinajstić information content (AvgIpc) is 2.41. The van der Waals surface area contributed by atoms with E-state index in [1.54, 1.807) is 12.1 Å². The van der Waals surface area contributed by atoms with Crippen molar-refractivity contribution in [3.63, 3.8) is 0 Å². The Morgan fingerprint density at radius 1 is 1.11 bits per heavy atom. The number of anilines is 1. The van der Waals surface area contributed by atoms with Crippen molar-refractivity contribution in [1.29, 1.82) is 0 Å². The van der Waals surface area contributed by atoms with Gasteiger partial charge >= 0.3 is 0 Å². The number of nitrogens with zero attached hydrogens (tertiary/aromatic N) is 2. The normalized spacial score (nSPS) is 17.6. The van der Waals surface area contributed by atoms with E-state index in [0.717, 1.165) is 31.9 Å². The van der Waals surface area contributed by atoms with E-state index in [9.17, 15) is 4.39 Å². The molecule has 0 unspecified atom stereocenters. The van der Waals surface area contributed by atoms with E-state index in [0.29, 0.717) is 0 Å². The molecule has 0 atom stereocenters. The average molecular weight is 265 g/mol. The Hall–Kier alpha value is -1.13. The highest BCUT2D eigenvalue weighted by atomic mass is 19.1. The summed E-state index contributed by atoms with van der Waals surface area (Å²) >= 11 is 0. The number of hydrogen-bond acceptors (Lipinski definition) is 3. The molecule has 2 rings (SSSR count). The molecule has 3 nitrogen and oxygen atoms in total. The van der Waals surface area contributed by atoms with Gasteiger partial charge in [-0.15, -0.1) is 0 Å². The number of nitrogens with one attached hydrogen (secondary N) is 1. The molecular weight excluding hydrogens is 241 g/mol. The molecule has 1 aliphatic heterocycles. The van der Waals surface area contributed by atoms with Crippen LogP contribution in [0.5, 0.6) is 0 Å². The molecule has 106 valence electrons. The summed E-state index contributed by atoms with van der Waals surface area (Å²) in [4.78, 5) is 4.99. The van der Waals surface area contributed by atoms with Gasteiger partial charge in [0.15, 0.2) is 0 Å². The summed E-state index contributed by atoms with van der Waals surface area (Å²) in [6.45, 7) is 9.98. The highest BCUT2D eigenvalue weighted by Gasteiger charge is 2.15. The van der Waals surface area contributed by atoms with Crippen molar-refractivity contribution in [1.82, 2.24) is 9.80 Å². The molecule has 4 heteroatoms. The molecule has 1 fully saturated rings. The third kappa shape index (κ3) is 4.80. The first kappa shape index (κ1) is 14.3. The van der Waals surface area contributed by atoms with Gasteiger partial charge in [0.1, 0.15) is 5.82 Å². The fourth-order valence-electron chi connectivity index (χ4n) is 2.51. The summed E-state index contributed by atoms with van der Waals surface area (Å²) in [6, 6.07) is 6.65. The van der Waals surface area contributed by atoms with Crippen molar-refractivity contribution in [3.05, 3.63) is 30.1 Å². The van der Waals surface area contributed by atoms with Crippen molar-refractivity contribution in [2.24, 2.45) is 0 Å². The van der Waals surface area contributed by atoms with Crippen molar-refractivity contribution < 1.29 is 4.39 Å². The van der Waals surface area contributed by atoms with Crippen LogP contribution in [0.25, 0.3) is 0 Å². The molecule has 0 aliphatic carbocycles. The minimum absolute atomic E-state index is 0.182. The molecule has 19 heavy (non-hydrogen) atoms. The van der Waals surface area contributed by atoms with Crippen molar-refractivity contribution in [3.8, 4) is 0 Å². The van der Waals surface area contributed by atoms with Gasteiger partial charge in [-0.25, -0.2) is 4.39 Å². The van der Waals surface area contributed by atoms with Crippen molar-refractivity contribution in [2.45, 2.75) is 13.3 Å². The van der Waals surface area contributed by atoms with Crippen LogP contribution in [0.3, 0.4) is 0 Å². The first-order valence-electron chi connectivity index (χ1n) is 7.22. The molecule has 0 aromatic heterocycles. The number of hydrogen-bond donors (Lipinski definition) is 1. The molecule has 1 aromatic carbocycles. The van der Waals surface area contributed by atoms with Gasteiger partial charge in [0.2, 0.25) is 0 Å². The molecule has 0 saturated carbocycles. The number of benzene rings is 1. The quantitative estimate of drug-likeness (QED) is 0.851. The van der Waals surface area contributed by atoms with Crippen LogP contribution in [0, 0.1) is 5.82 Å². The zero-order valence-electron chi connectivity index (χ0n) is 11.7. The molecule has 1 aliphatic rings. The second kappa shape index (κ2) is 7.46. The molecule has 0 amide bonds. The molecular formula is C15H24FN3. The summed E-state index contributed by atoms with van der Waals surface area (Å²) in [5.74, 6) is -0.182. The van der Waals surface area contributed by atoms with E-state index in [1.165, 1.54) is 32.1 Å². The van der Waals surface area contributed by atoms with Gasteiger partial charge in [-0.2, -0.15) is 0 Å².